The van der Waals surface area contributed by atoms with Crippen LogP contribution in [-0.2, 0) is 26.2 Å². The molecule has 0 aliphatic heterocycles. The molecule has 1 unspecified atom stereocenters. The number of anilines is 1. The lowest BCUT2D eigenvalue weighted by Gasteiger charge is -2.32. The lowest BCUT2D eigenvalue weighted by molar-refractivity contribution is -0.139. The Labute approximate surface area is 233 Å². The van der Waals surface area contributed by atoms with Crippen LogP contribution in [0, 0.1) is 11.6 Å². The van der Waals surface area contributed by atoms with Crippen LogP contribution in [0.15, 0.2) is 77.7 Å². The van der Waals surface area contributed by atoms with Crippen LogP contribution < -0.4 is 14.4 Å². The first-order valence-corrected chi connectivity index (χ1v) is 14.2. The predicted molar refractivity (Wildman–Crippen MR) is 148 cm³/mol. The van der Waals surface area contributed by atoms with Gasteiger partial charge in [-0.25, -0.2) is 17.2 Å². The molecule has 8 nitrogen and oxygen atoms in total. The smallest absolute Gasteiger partial charge is 0.264 e. The molecule has 3 aromatic rings. The minimum Gasteiger partial charge on any atom is -0.494 e. The lowest BCUT2D eigenvalue weighted by Crippen LogP contribution is -2.52. The van der Waals surface area contributed by atoms with Crippen LogP contribution in [0.1, 0.15) is 33.3 Å². The number of carbonyl (C=O) groups is 2. The van der Waals surface area contributed by atoms with E-state index in [1.54, 1.807) is 20.8 Å². The van der Waals surface area contributed by atoms with E-state index >= 15 is 0 Å². The van der Waals surface area contributed by atoms with Gasteiger partial charge in [0, 0.05) is 12.6 Å². The van der Waals surface area contributed by atoms with E-state index in [0.717, 1.165) is 16.4 Å². The van der Waals surface area contributed by atoms with Gasteiger partial charge in [-0.3, -0.25) is 13.9 Å². The zero-order valence-electron chi connectivity index (χ0n) is 22.8. The molecule has 0 aliphatic rings. The quantitative estimate of drug-likeness (QED) is 0.344. The molecule has 214 valence electrons. The number of rotatable bonds is 12. The molecule has 0 heterocycles. The summed E-state index contributed by atoms with van der Waals surface area (Å²) in [4.78, 5) is 27.8. The van der Waals surface area contributed by atoms with Crippen LogP contribution in [-0.4, -0.2) is 50.4 Å². The zero-order chi connectivity index (χ0) is 29.4. The van der Waals surface area contributed by atoms with Crippen LogP contribution in [0.4, 0.5) is 14.5 Å². The number of hydrogen-bond acceptors (Lipinski definition) is 5. The SMILES string of the molecule is CCOc1ccc(S(=O)(=O)N(CC(=O)N(Cc2ccc(F)cc2)C(C)C(=O)NC(C)C)c2ccc(F)cc2)cc1. The summed E-state index contributed by atoms with van der Waals surface area (Å²) < 4.78 is 61.1. The molecule has 2 amide bonds. The number of ether oxygens (including phenoxy) is 1. The number of carbonyl (C=O) groups excluding carboxylic acids is 2. The Balaban J connectivity index is 2.01. The van der Waals surface area contributed by atoms with Crippen molar-refractivity contribution in [2.75, 3.05) is 17.5 Å². The summed E-state index contributed by atoms with van der Waals surface area (Å²) in [6.07, 6.45) is 0. The first-order valence-electron chi connectivity index (χ1n) is 12.8. The van der Waals surface area contributed by atoms with Crippen LogP contribution >= 0.6 is 0 Å². The Morgan fingerprint density at radius 3 is 1.95 bits per heavy atom. The van der Waals surface area contributed by atoms with Crippen molar-refractivity contribution in [1.82, 2.24) is 10.2 Å². The normalized spacial score (nSPS) is 12.1. The van der Waals surface area contributed by atoms with Gasteiger partial charge in [0.05, 0.1) is 17.2 Å². The third-order valence-corrected chi connectivity index (χ3v) is 7.77. The highest BCUT2D eigenvalue weighted by atomic mass is 32.2. The van der Waals surface area contributed by atoms with E-state index in [2.05, 4.69) is 5.32 Å². The third-order valence-electron chi connectivity index (χ3n) is 5.98. The van der Waals surface area contributed by atoms with Gasteiger partial charge in [0.15, 0.2) is 0 Å². The summed E-state index contributed by atoms with van der Waals surface area (Å²) in [5.41, 5.74) is 0.603. The van der Waals surface area contributed by atoms with E-state index in [1.807, 2.05) is 0 Å². The second-order valence-corrected chi connectivity index (χ2v) is 11.2. The minimum atomic E-state index is -4.31. The summed E-state index contributed by atoms with van der Waals surface area (Å²) >= 11 is 0. The van der Waals surface area contributed by atoms with Crippen molar-refractivity contribution in [1.29, 1.82) is 0 Å². The second-order valence-electron chi connectivity index (χ2n) is 9.38. The highest BCUT2D eigenvalue weighted by Gasteiger charge is 2.32. The molecule has 40 heavy (non-hydrogen) atoms. The van der Waals surface area contributed by atoms with Gasteiger partial charge in [0.1, 0.15) is 30.0 Å². The zero-order valence-corrected chi connectivity index (χ0v) is 23.6. The fourth-order valence-electron chi connectivity index (χ4n) is 3.91. The monoisotopic (exact) mass is 573 g/mol. The summed E-state index contributed by atoms with van der Waals surface area (Å²) in [6.45, 7) is 6.52. The van der Waals surface area contributed by atoms with Crippen molar-refractivity contribution < 1.29 is 31.5 Å². The van der Waals surface area contributed by atoms with Gasteiger partial charge >= 0.3 is 0 Å². The summed E-state index contributed by atoms with van der Waals surface area (Å²) in [7, 11) is -4.31. The fourth-order valence-corrected chi connectivity index (χ4v) is 5.33. The summed E-state index contributed by atoms with van der Waals surface area (Å²) in [5.74, 6) is -1.69. The number of sulfonamides is 1. The summed E-state index contributed by atoms with van der Waals surface area (Å²) in [5, 5.41) is 2.76. The van der Waals surface area contributed by atoms with E-state index in [-0.39, 0.29) is 23.2 Å². The Hall–Kier alpha value is -3.99. The van der Waals surface area contributed by atoms with Crippen LogP contribution in [0.25, 0.3) is 0 Å². The standard InChI is InChI=1S/C29H33F2N3O5S/c1-5-39-26-14-16-27(17-15-26)40(37,38)34(25-12-10-24(31)11-13-25)19-28(35)33(21(4)29(36)32-20(2)3)18-22-6-8-23(30)9-7-22/h6-17,20-21H,5,18-19H2,1-4H3,(H,32,36). The molecule has 3 aromatic carbocycles. The van der Waals surface area contributed by atoms with E-state index in [9.17, 15) is 26.8 Å². The van der Waals surface area contributed by atoms with Crippen molar-refractivity contribution in [2.24, 2.45) is 0 Å². The highest BCUT2D eigenvalue weighted by molar-refractivity contribution is 7.92. The Morgan fingerprint density at radius 2 is 1.43 bits per heavy atom. The molecule has 0 bridgehead atoms. The largest absolute Gasteiger partial charge is 0.494 e. The van der Waals surface area contributed by atoms with E-state index in [1.165, 1.54) is 72.5 Å². The molecular weight excluding hydrogens is 540 g/mol. The molecule has 3 rings (SSSR count). The minimum absolute atomic E-state index is 0.0599. The predicted octanol–water partition coefficient (Wildman–Crippen LogP) is 4.50. The Kier molecular flexibility index (Phi) is 10.2. The molecule has 0 fully saturated rings. The molecule has 0 saturated heterocycles. The number of benzene rings is 3. The molecule has 0 saturated carbocycles. The lowest BCUT2D eigenvalue weighted by atomic mass is 10.1. The van der Waals surface area contributed by atoms with E-state index < -0.39 is 46.1 Å². The van der Waals surface area contributed by atoms with Gasteiger partial charge < -0.3 is 15.0 Å². The molecule has 0 aromatic heterocycles. The molecule has 0 radical (unpaired) electrons. The van der Waals surface area contributed by atoms with Gasteiger partial charge in [-0.05, 0) is 93.9 Å². The Morgan fingerprint density at radius 1 is 0.875 bits per heavy atom. The number of nitrogens with one attached hydrogen (secondary N) is 1. The third kappa shape index (κ3) is 7.78. The van der Waals surface area contributed by atoms with Crippen molar-refractivity contribution in [3.8, 4) is 5.75 Å². The van der Waals surface area contributed by atoms with E-state index in [0.29, 0.717) is 17.9 Å². The number of halogens is 2. The molecule has 1 atom stereocenters. The van der Waals surface area contributed by atoms with Gasteiger partial charge in [-0.1, -0.05) is 12.1 Å². The molecule has 0 aliphatic carbocycles. The van der Waals surface area contributed by atoms with Crippen LogP contribution in [0.5, 0.6) is 5.75 Å². The fraction of sp³-hybridized carbons (Fsp3) is 0.310. The Bertz CT molecular complexity index is 1400. The average molecular weight is 574 g/mol. The molecule has 1 N–H and O–H groups in total. The van der Waals surface area contributed by atoms with Crippen molar-refractivity contribution >= 4 is 27.5 Å². The second kappa shape index (κ2) is 13.4. The maximum atomic E-state index is 13.8. The number of nitrogens with zero attached hydrogens (tertiary/aromatic N) is 2. The molecular formula is C29H33F2N3O5S. The number of amides is 2. The molecule has 0 spiro atoms. The summed E-state index contributed by atoms with van der Waals surface area (Å²) in [6, 6.07) is 14.7. The van der Waals surface area contributed by atoms with Crippen molar-refractivity contribution in [3.63, 3.8) is 0 Å². The topological polar surface area (TPSA) is 96.0 Å². The van der Waals surface area contributed by atoms with E-state index in [4.69, 9.17) is 4.74 Å². The van der Waals surface area contributed by atoms with Gasteiger partial charge in [-0.2, -0.15) is 0 Å². The van der Waals surface area contributed by atoms with Crippen LogP contribution in [0.3, 0.4) is 0 Å². The van der Waals surface area contributed by atoms with Crippen molar-refractivity contribution in [3.05, 3.63) is 90.0 Å². The maximum absolute atomic E-state index is 13.8. The number of hydrogen-bond donors (Lipinski definition) is 1. The van der Waals surface area contributed by atoms with Crippen LogP contribution in [0.2, 0.25) is 0 Å². The van der Waals surface area contributed by atoms with Gasteiger partial charge in [0.2, 0.25) is 11.8 Å². The van der Waals surface area contributed by atoms with Crippen molar-refractivity contribution in [2.45, 2.75) is 51.2 Å². The highest BCUT2D eigenvalue weighted by Crippen LogP contribution is 2.26. The average Bonchev–Trinajstić information content (AvgIpc) is 2.91. The first kappa shape index (κ1) is 30.6. The maximum Gasteiger partial charge on any atom is 0.264 e. The van der Waals surface area contributed by atoms with Gasteiger partial charge in [-0.15, -0.1) is 0 Å². The molecule has 11 heteroatoms. The van der Waals surface area contributed by atoms with Gasteiger partial charge in [0.25, 0.3) is 10.0 Å². The first-order chi connectivity index (χ1) is 18.9.